The molecular formula is C7H6O5. The molecule has 5 nitrogen and oxygen atoms in total. The van der Waals surface area contributed by atoms with Crippen molar-refractivity contribution in [2.75, 3.05) is 0 Å². The summed E-state index contributed by atoms with van der Waals surface area (Å²) < 4.78 is 4.27. The minimum absolute atomic E-state index is 0.699. The number of esters is 2. The van der Waals surface area contributed by atoms with E-state index < -0.39 is 35.2 Å². The Morgan fingerprint density at radius 3 is 2.42 bits per heavy atom. The van der Waals surface area contributed by atoms with Crippen molar-refractivity contribution < 1.29 is 24.2 Å². The van der Waals surface area contributed by atoms with Crippen molar-refractivity contribution in [3.05, 3.63) is 0 Å². The van der Waals surface area contributed by atoms with Crippen LogP contribution in [0.5, 0.6) is 0 Å². The molecule has 0 aromatic heterocycles. The van der Waals surface area contributed by atoms with Gasteiger partial charge in [0.2, 0.25) is 0 Å². The Hall–Kier alpha value is -1.39. The van der Waals surface area contributed by atoms with Gasteiger partial charge in [0.15, 0.2) is 0 Å². The number of carboxylic acid groups (broad SMARTS) is 1. The summed E-state index contributed by atoms with van der Waals surface area (Å²) in [6.07, 6.45) is 0. The van der Waals surface area contributed by atoms with Crippen molar-refractivity contribution in [2.24, 2.45) is 17.3 Å². The van der Waals surface area contributed by atoms with Gasteiger partial charge in [-0.15, -0.1) is 0 Å². The maximum atomic E-state index is 11.0. The molecule has 3 atom stereocenters. The highest BCUT2D eigenvalue weighted by Crippen LogP contribution is 2.63. The Balaban J connectivity index is 2.36. The molecule has 12 heavy (non-hydrogen) atoms. The number of hydrogen-bond acceptors (Lipinski definition) is 4. The number of cyclic esters (lactones) is 2. The van der Waals surface area contributed by atoms with E-state index in [2.05, 4.69) is 4.74 Å². The van der Waals surface area contributed by atoms with Crippen molar-refractivity contribution in [2.45, 2.75) is 6.92 Å². The summed E-state index contributed by atoms with van der Waals surface area (Å²) in [6.45, 7) is 1.45. The van der Waals surface area contributed by atoms with Crippen LogP contribution in [0.3, 0.4) is 0 Å². The molecule has 1 aliphatic carbocycles. The Labute approximate surface area is 67.3 Å². The molecule has 1 saturated heterocycles. The van der Waals surface area contributed by atoms with E-state index in [1.54, 1.807) is 0 Å². The zero-order valence-corrected chi connectivity index (χ0v) is 6.23. The molecule has 0 aromatic carbocycles. The van der Waals surface area contributed by atoms with Crippen molar-refractivity contribution in [3.63, 3.8) is 0 Å². The quantitative estimate of drug-likeness (QED) is 0.420. The van der Waals surface area contributed by atoms with Crippen LogP contribution in [0.2, 0.25) is 0 Å². The van der Waals surface area contributed by atoms with Gasteiger partial charge in [0.1, 0.15) is 0 Å². The molecule has 0 amide bonds. The highest BCUT2D eigenvalue weighted by atomic mass is 16.6. The highest BCUT2D eigenvalue weighted by molar-refractivity contribution is 6.09. The zero-order chi connectivity index (χ0) is 9.09. The summed E-state index contributed by atoms with van der Waals surface area (Å²) in [7, 11) is 0. The molecule has 0 aromatic rings. The lowest BCUT2D eigenvalue weighted by Gasteiger charge is -2.01. The second-order valence-electron chi connectivity index (χ2n) is 3.28. The first kappa shape index (κ1) is 7.27. The lowest BCUT2D eigenvalue weighted by atomic mass is 10.1. The Morgan fingerprint density at radius 1 is 1.58 bits per heavy atom. The van der Waals surface area contributed by atoms with Gasteiger partial charge in [-0.05, 0) is 6.92 Å². The number of rotatable bonds is 1. The summed E-state index contributed by atoms with van der Waals surface area (Å²) >= 11 is 0. The predicted molar refractivity (Wildman–Crippen MR) is 33.8 cm³/mol. The average Bonchev–Trinajstić information content (AvgIpc) is 2.51. The standard InChI is InChI=1S/C7H6O5/c1-7-2(4(8)9)3(7)5(10)12-6(7)11/h2-3H,1H3,(H,8,9). The minimum Gasteiger partial charge on any atom is -0.481 e. The SMILES string of the molecule is CC12C(=O)OC(=O)C1C2C(=O)O. The molecule has 2 aliphatic rings. The van der Waals surface area contributed by atoms with Crippen LogP contribution in [0.4, 0.5) is 0 Å². The van der Waals surface area contributed by atoms with Crippen molar-refractivity contribution in [1.29, 1.82) is 0 Å². The van der Waals surface area contributed by atoms with Gasteiger partial charge in [-0.2, -0.15) is 0 Å². The predicted octanol–water partition coefficient (Wildman–Crippen LogP) is -0.593. The Morgan fingerprint density at radius 2 is 2.17 bits per heavy atom. The first-order chi connectivity index (χ1) is 5.49. The summed E-state index contributed by atoms with van der Waals surface area (Å²) in [5.41, 5.74) is -1.08. The molecule has 0 bridgehead atoms. The molecule has 1 aliphatic heterocycles. The first-order valence-corrected chi connectivity index (χ1v) is 3.48. The zero-order valence-electron chi connectivity index (χ0n) is 6.23. The topological polar surface area (TPSA) is 80.7 Å². The van der Waals surface area contributed by atoms with Gasteiger partial charge in [0.05, 0.1) is 17.3 Å². The van der Waals surface area contributed by atoms with Crippen molar-refractivity contribution in [1.82, 2.24) is 0 Å². The van der Waals surface area contributed by atoms with Crippen LogP contribution >= 0.6 is 0 Å². The third kappa shape index (κ3) is 0.532. The second-order valence-corrected chi connectivity index (χ2v) is 3.28. The van der Waals surface area contributed by atoms with Gasteiger partial charge in [0.25, 0.3) is 0 Å². The lowest BCUT2D eigenvalue weighted by molar-refractivity contribution is -0.161. The van der Waals surface area contributed by atoms with Crippen LogP contribution in [-0.4, -0.2) is 23.0 Å². The summed E-state index contributed by atoms with van der Waals surface area (Å²) in [5.74, 6) is -4.12. The van der Waals surface area contributed by atoms with Crippen LogP contribution < -0.4 is 0 Å². The van der Waals surface area contributed by atoms with Gasteiger partial charge in [-0.3, -0.25) is 14.4 Å². The Bertz CT molecular complexity index is 301. The number of fused-ring (bicyclic) bond motifs is 1. The van der Waals surface area contributed by atoms with Gasteiger partial charge in [-0.1, -0.05) is 0 Å². The molecule has 64 valence electrons. The second kappa shape index (κ2) is 1.68. The van der Waals surface area contributed by atoms with Crippen LogP contribution in [-0.2, 0) is 19.1 Å². The smallest absolute Gasteiger partial charge is 0.321 e. The minimum atomic E-state index is -1.10. The van der Waals surface area contributed by atoms with Crippen LogP contribution in [0.25, 0.3) is 0 Å². The molecule has 1 N–H and O–H groups in total. The van der Waals surface area contributed by atoms with E-state index in [4.69, 9.17) is 5.11 Å². The third-order valence-electron chi connectivity index (χ3n) is 2.67. The van der Waals surface area contributed by atoms with Crippen molar-refractivity contribution >= 4 is 17.9 Å². The van der Waals surface area contributed by atoms with E-state index >= 15 is 0 Å². The molecular weight excluding hydrogens is 164 g/mol. The van der Waals surface area contributed by atoms with Crippen LogP contribution in [0, 0.1) is 17.3 Å². The fraction of sp³-hybridized carbons (Fsp3) is 0.571. The molecule has 2 fully saturated rings. The number of ether oxygens (including phenoxy) is 1. The van der Waals surface area contributed by atoms with Crippen molar-refractivity contribution in [3.8, 4) is 0 Å². The molecule has 5 heteroatoms. The molecule has 3 unspecified atom stereocenters. The van der Waals surface area contributed by atoms with Crippen LogP contribution in [0.1, 0.15) is 6.92 Å². The maximum absolute atomic E-state index is 11.0. The number of aliphatic carboxylic acids is 1. The number of carbonyl (C=O) groups excluding carboxylic acids is 2. The third-order valence-corrected chi connectivity index (χ3v) is 2.67. The fourth-order valence-corrected chi connectivity index (χ4v) is 1.81. The molecule has 2 rings (SSSR count). The van der Waals surface area contributed by atoms with Gasteiger partial charge in [0, 0.05) is 0 Å². The van der Waals surface area contributed by atoms with E-state index in [9.17, 15) is 14.4 Å². The number of carboxylic acids is 1. The maximum Gasteiger partial charge on any atom is 0.321 e. The molecule has 1 heterocycles. The molecule has 0 spiro atoms. The van der Waals surface area contributed by atoms with Gasteiger partial charge in [-0.25, -0.2) is 0 Å². The normalized spacial score (nSPS) is 43.8. The lowest BCUT2D eigenvalue weighted by Crippen LogP contribution is -2.20. The monoisotopic (exact) mass is 170 g/mol. The van der Waals surface area contributed by atoms with E-state index in [1.165, 1.54) is 6.92 Å². The first-order valence-electron chi connectivity index (χ1n) is 3.48. The molecule has 1 saturated carbocycles. The molecule has 0 radical (unpaired) electrons. The Kier molecular flexibility index (Phi) is 1.02. The number of carbonyl (C=O) groups is 3. The van der Waals surface area contributed by atoms with Crippen LogP contribution in [0.15, 0.2) is 0 Å². The fourth-order valence-electron chi connectivity index (χ4n) is 1.81. The number of hydrogen-bond donors (Lipinski definition) is 1. The van der Waals surface area contributed by atoms with Gasteiger partial charge >= 0.3 is 17.9 Å². The highest BCUT2D eigenvalue weighted by Gasteiger charge is 2.79. The van der Waals surface area contributed by atoms with E-state index in [0.29, 0.717) is 0 Å². The summed E-state index contributed by atoms with van der Waals surface area (Å²) in [6, 6.07) is 0. The van der Waals surface area contributed by atoms with E-state index in [1.807, 2.05) is 0 Å². The average molecular weight is 170 g/mol. The van der Waals surface area contributed by atoms with E-state index in [-0.39, 0.29) is 0 Å². The summed E-state index contributed by atoms with van der Waals surface area (Å²) in [5, 5.41) is 8.60. The largest absolute Gasteiger partial charge is 0.481 e. The van der Waals surface area contributed by atoms with Gasteiger partial charge < -0.3 is 9.84 Å². The van der Waals surface area contributed by atoms with E-state index in [0.717, 1.165) is 0 Å². The summed E-state index contributed by atoms with van der Waals surface area (Å²) in [4.78, 5) is 32.3.